The summed E-state index contributed by atoms with van der Waals surface area (Å²) in [6, 6.07) is 8.31. The number of hydrogen-bond acceptors (Lipinski definition) is 2. The van der Waals surface area contributed by atoms with Crippen molar-refractivity contribution >= 4 is 15.9 Å². The zero-order valence-corrected chi connectivity index (χ0v) is 12.2. The van der Waals surface area contributed by atoms with E-state index in [4.69, 9.17) is 9.47 Å². The molecule has 6 heteroatoms. The van der Waals surface area contributed by atoms with Crippen molar-refractivity contribution in [3.63, 3.8) is 0 Å². The molecule has 1 heterocycles. The van der Waals surface area contributed by atoms with Crippen molar-refractivity contribution in [2.45, 2.75) is 10.9 Å². The highest BCUT2D eigenvalue weighted by Gasteiger charge is 2.32. The van der Waals surface area contributed by atoms with Gasteiger partial charge < -0.3 is 9.47 Å². The monoisotopic (exact) mass is 358 g/mol. The molecule has 2 atom stereocenters. The largest absolute Gasteiger partial charge is 0.486 e. The minimum atomic E-state index is -0.961. The smallest absolute Gasteiger partial charge is 0.161 e. The molecule has 1 aliphatic rings. The normalized spacial score (nSPS) is 18.4. The summed E-state index contributed by atoms with van der Waals surface area (Å²) in [7, 11) is 0. The van der Waals surface area contributed by atoms with Crippen molar-refractivity contribution in [3.8, 4) is 11.5 Å². The quantitative estimate of drug-likeness (QED) is 0.741. The highest BCUT2D eigenvalue weighted by atomic mass is 79.9. The van der Waals surface area contributed by atoms with Gasteiger partial charge in [0.2, 0.25) is 0 Å². The van der Waals surface area contributed by atoms with Gasteiger partial charge in [-0.15, -0.1) is 0 Å². The van der Waals surface area contributed by atoms with Crippen LogP contribution in [0.4, 0.5) is 13.2 Å². The molecule has 1 aliphatic heterocycles. The maximum atomic E-state index is 13.8. The molecule has 0 radical (unpaired) electrons. The van der Waals surface area contributed by atoms with E-state index in [1.165, 1.54) is 0 Å². The molecule has 110 valence electrons. The van der Waals surface area contributed by atoms with Crippen LogP contribution in [0.2, 0.25) is 0 Å². The number of para-hydroxylation sites is 2. The number of halogens is 4. The molecule has 2 aromatic carbocycles. The van der Waals surface area contributed by atoms with Gasteiger partial charge in [-0.2, -0.15) is 0 Å². The van der Waals surface area contributed by atoms with Gasteiger partial charge in [0, 0.05) is 17.7 Å². The summed E-state index contributed by atoms with van der Waals surface area (Å²) >= 11 is 3.22. The van der Waals surface area contributed by atoms with Crippen LogP contribution in [0.15, 0.2) is 36.4 Å². The van der Waals surface area contributed by atoms with Crippen molar-refractivity contribution in [1.82, 2.24) is 0 Å². The van der Waals surface area contributed by atoms with Crippen molar-refractivity contribution < 1.29 is 22.6 Å². The molecule has 0 amide bonds. The summed E-state index contributed by atoms with van der Waals surface area (Å²) in [5, 5.41) is 0. The van der Waals surface area contributed by atoms with Gasteiger partial charge in [0.25, 0.3) is 0 Å². The van der Waals surface area contributed by atoms with Crippen LogP contribution in [-0.4, -0.2) is 12.7 Å². The number of hydrogen-bond donors (Lipinski definition) is 0. The average molecular weight is 359 g/mol. The topological polar surface area (TPSA) is 18.5 Å². The lowest BCUT2D eigenvalue weighted by atomic mass is 10.1. The van der Waals surface area contributed by atoms with Gasteiger partial charge in [-0.1, -0.05) is 28.1 Å². The Kier molecular flexibility index (Phi) is 3.80. The van der Waals surface area contributed by atoms with Gasteiger partial charge in [0.1, 0.15) is 30.2 Å². The zero-order valence-electron chi connectivity index (χ0n) is 10.7. The molecular weight excluding hydrogens is 349 g/mol. The van der Waals surface area contributed by atoms with E-state index in [-0.39, 0.29) is 12.2 Å². The predicted molar refractivity (Wildman–Crippen MR) is 74.3 cm³/mol. The molecule has 0 bridgehead atoms. The van der Waals surface area contributed by atoms with Crippen LogP contribution < -0.4 is 9.47 Å². The van der Waals surface area contributed by atoms with Crippen LogP contribution in [0.1, 0.15) is 10.4 Å². The van der Waals surface area contributed by atoms with Crippen molar-refractivity contribution in [2.24, 2.45) is 0 Å². The van der Waals surface area contributed by atoms with E-state index in [1.54, 1.807) is 24.3 Å². The summed E-state index contributed by atoms with van der Waals surface area (Å²) in [4.78, 5) is -0.800. The van der Waals surface area contributed by atoms with Gasteiger partial charge >= 0.3 is 0 Å². The van der Waals surface area contributed by atoms with E-state index in [1.807, 2.05) is 0 Å². The Morgan fingerprint density at radius 1 is 1.05 bits per heavy atom. The molecule has 2 aromatic rings. The lowest BCUT2D eigenvalue weighted by Gasteiger charge is -2.30. The molecule has 21 heavy (non-hydrogen) atoms. The van der Waals surface area contributed by atoms with Crippen molar-refractivity contribution in [2.75, 3.05) is 6.61 Å². The molecule has 0 aromatic heterocycles. The Morgan fingerprint density at radius 3 is 2.33 bits per heavy atom. The minimum Gasteiger partial charge on any atom is -0.486 e. The van der Waals surface area contributed by atoms with Crippen LogP contribution >= 0.6 is 15.9 Å². The minimum absolute atomic E-state index is 0.128. The summed E-state index contributed by atoms with van der Waals surface area (Å²) in [5.41, 5.74) is -0.274. The summed E-state index contributed by atoms with van der Waals surface area (Å²) < 4.78 is 51.8. The number of benzene rings is 2. The molecule has 0 saturated heterocycles. The fraction of sp³-hybridized carbons (Fsp3) is 0.200. The maximum absolute atomic E-state index is 13.8. The van der Waals surface area contributed by atoms with E-state index >= 15 is 0 Å². The van der Waals surface area contributed by atoms with Crippen LogP contribution in [0.25, 0.3) is 0 Å². The first kappa shape index (κ1) is 14.3. The molecule has 2 nitrogen and oxygen atoms in total. The summed E-state index contributed by atoms with van der Waals surface area (Å²) in [5.74, 6) is -1.80. The molecule has 3 rings (SSSR count). The van der Waals surface area contributed by atoms with Crippen LogP contribution in [0.3, 0.4) is 0 Å². The van der Waals surface area contributed by atoms with Gasteiger partial charge in [-0.25, -0.2) is 13.2 Å². The molecule has 0 aliphatic carbocycles. The first-order chi connectivity index (χ1) is 10.1. The lowest BCUT2D eigenvalue weighted by Crippen LogP contribution is -2.33. The van der Waals surface area contributed by atoms with E-state index < -0.39 is 28.4 Å². The predicted octanol–water partition coefficient (Wildman–Crippen LogP) is 4.38. The number of alkyl halides is 1. The standard InChI is InChI=1S/C15H10BrF3O2/c16-15(14-9(18)5-8(17)6-10(14)19)13-7-20-11-3-1-2-4-12(11)21-13/h1-6,13,15H,7H2. The third kappa shape index (κ3) is 2.72. The number of fused-ring (bicyclic) bond motifs is 1. The molecule has 2 unspecified atom stereocenters. The van der Waals surface area contributed by atoms with Gasteiger partial charge in [0.15, 0.2) is 11.5 Å². The van der Waals surface area contributed by atoms with Gasteiger partial charge in [-0.05, 0) is 12.1 Å². The fourth-order valence-corrected chi connectivity index (χ4v) is 2.88. The maximum Gasteiger partial charge on any atom is 0.161 e. The number of ether oxygens (including phenoxy) is 2. The van der Waals surface area contributed by atoms with Crippen molar-refractivity contribution in [1.29, 1.82) is 0 Å². The second-order valence-corrected chi connectivity index (χ2v) is 5.59. The Bertz CT molecular complexity index is 655. The first-order valence-electron chi connectivity index (χ1n) is 6.23. The van der Waals surface area contributed by atoms with Crippen LogP contribution in [-0.2, 0) is 0 Å². The second kappa shape index (κ2) is 5.60. The fourth-order valence-electron chi connectivity index (χ4n) is 2.18. The second-order valence-electron chi connectivity index (χ2n) is 4.60. The third-order valence-corrected chi connectivity index (χ3v) is 4.22. The van der Waals surface area contributed by atoms with Crippen molar-refractivity contribution in [3.05, 3.63) is 59.4 Å². The summed E-state index contributed by atoms with van der Waals surface area (Å²) in [6.07, 6.45) is -0.630. The summed E-state index contributed by atoms with van der Waals surface area (Å²) in [6.45, 7) is 0.128. The highest BCUT2D eigenvalue weighted by molar-refractivity contribution is 9.09. The van der Waals surface area contributed by atoms with Crippen LogP contribution in [0.5, 0.6) is 11.5 Å². The Labute approximate surface area is 127 Å². The van der Waals surface area contributed by atoms with E-state index in [0.29, 0.717) is 23.6 Å². The molecule has 0 saturated carbocycles. The van der Waals surface area contributed by atoms with E-state index in [0.717, 1.165) is 0 Å². The lowest BCUT2D eigenvalue weighted by molar-refractivity contribution is 0.0891. The van der Waals surface area contributed by atoms with Gasteiger partial charge in [0.05, 0.1) is 4.83 Å². The SMILES string of the molecule is Fc1cc(F)c(C(Br)C2COc3ccccc3O2)c(F)c1. The molecular formula is C15H10BrF3O2. The van der Waals surface area contributed by atoms with Crippen LogP contribution in [0, 0.1) is 17.5 Å². The van der Waals surface area contributed by atoms with E-state index in [2.05, 4.69) is 15.9 Å². The van der Waals surface area contributed by atoms with Gasteiger partial charge in [-0.3, -0.25) is 0 Å². The molecule has 0 N–H and O–H groups in total. The number of rotatable bonds is 2. The zero-order chi connectivity index (χ0) is 15.0. The Balaban J connectivity index is 1.89. The highest BCUT2D eigenvalue weighted by Crippen LogP contribution is 2.39. The molecule has 0 spiro atoms. The first-order valence-corrected chi connectivity index (χ1v) is 7.15. The van der Waals surface area contributed by atoms with E-state index in [9.17, 15) is 13.2 Å². The Hall–Kier alpha value is -1.69. The molecule has 0 fully saturated rings. The average Bonchev–Trinajstić information content (AvgIpc) is 2.45. The Morgan fingerprint density at radius 2 is 1.67 bits per heavy atom. The third-order valence-electron chi connectivity index (χ3n) is 3.18.